The maximum atomic E-state index is 12.4. The molecule has 1 aromatic carbocycles. The monoisotopic (exact) mass is 299 g/mol. The first-order valence-corrected chi connectivity index (χ1v) is 8.15. The number of sulfonamides is 1. The molecule has 0 aliphatic carbocycles. The molecule has 6 heteroatoms. The van der Waals surface area contributed by atoms with Gasteiger partial charge in [0.1, 0.15) is 4.90 Å². The molecule has 0 aliphatic rings. The average Bonchev–Trinajstić information content (AvgIpc) is 2.30. The zero-order valence-corrected chi connectivity index (χ0v) is 13.7. The molecule has 20 heavy (non-hydrogen) atoms. The van der Waals surface area contributed by atoms with Crippen molar-refractivity contribution in [3.8, 4) is 0 Å². The lowest BCUT2D eigenvalue weighted by atomic mass is 10.1. The molecular formula is C14H25N3O2S. The fourth-order valence-electron chi connectivity index (χ4n) is 1.88. The van der Waals surface area contributed by atoms with Crippen molar-refractivity contribution >= 4 is 15.7 Å². The molecule has 1 atom stereocenters. The number of anilines is 1. The van der Waals surface area contributed by atoms with E-state index in [4.69, 9.17) is 5.73 Å². The Hall–Kier alpha value is -1.11. The minimum atomic E-state index is -3.57. The molecule has 0 heterocycles. The minimum Gasteiger partial charge on any atom is -0.398 e. The van der Waals surface area contributed by atoms with Crippen LogP contribution in [0.4, 0.5) is 5.69 Å². The quantitative estimate of drug-likeness (QED) is 0.781. The summed E-state index contributed by atoms with van der Waals surface area (Å²) >= 11 is 0. The Morgan fingerprint density at radius 1 is 1.25 bits per heavy atom. The Morgan fingerprint density at radius 3 is 2.35 bits per heavy atom. The van der Waals surface area contributed by atoms with Crippen molar-refractivity contribution in [1.82, 2.24) is 9.62 Å². The largest absolute Gasteiger partial charge is 0.398 e. The summed E-state index contributed by atoms with van der Waals surface area (Å²) in [6.07, 6.45) is 0.747. The van der Waals surface area contributed by atoms with E-state index in [9.17, 15) is 8.42 Å². The summed E-state index contributed by atoms with van der Waals surface area (Å²) in [5.74, 6) is 0. The average molecular weight is 299 g/mol. The van der Waals surface area contributed by atoms with Crippen LogP contribution in [-0.2, 0) is 10.0 Å². The predicted octanol–water partition coefficient (Wildman–Crippen LogP) is 1.50. The third-order valence-electron chi connectivity index (χ3n) is 3.28. The van der Waals surface area contributed by atoms with Crippen LogP contribution >= 0.6 is 0 Å². The van der Waals surface area contributed by atoms with Crippen molar-refractivity contribution in [1.29, 1.82) is 0 Å². The number of aryl methyl sites for hydroxylation is 2. The molecule has 0 fully saturated rings. The first-order chi connectivity index (χ1) is 9.13. The van der Waals surface area contributed by atoms with Gasteiger partial charge in [-0.2, -0.15) is 0 Å². The summed E-state index contributed by atoms with van der Waals surface area (Å²) in [4.78, 5) is 2.19. The van der Waals surface area contributed by atoms with E-state index in [2.05, 4.69) is 4.72 Å². The van der Waals surface area contributed by atoms with Gasteiger partial charge in [-0.05, 0) is 71.1 Å². The lowest BCUT2D eigenvalue weighted by molar-refractivity contribution is 0.379. The van der Waals surface area contributed by atoms with Crippen molar-refractivity contribution in [2.24, 2.45) is 0 Å². The molecule has 1 rings (SSSR count). The molecule has 114 valence electrons. The highest BCUT2D eigenvalue weighted by Gasteiger charge is 2.20. The van der Waals surface area contributed by atoms with Gasteiger partial charge < -0.3 is 10.6 Å². The van der Waals surface area contributed by atoms with Gasteiger partial charge in [0.25, 0.3) is 0 Å². The lowest BCUT2D eigenvalue weighted by Gasteiger charge is -2.18. The Balaban J connectivity index is 2.92. The molecule has 1 aromatic rings. The van der Waals surface area contributed by atoms with Gasteiger partial charge in [-0.25, -0.2) is 13.1 Å². The molecule has 0 saturated carbocycles. The van der Waals surface area contributed by atoms with Crippen LogP contribution in [0.1, 0.15) is 24.5 Å². The summed E-state index contributed by atoms with van der Waals surface area (Å²) in [6, 6.07) is 3.20. The van der Waals surface area contributed by atoms with Crippen LogP contribution < -0.4 is 10.5 Å². The number of hydrogen-bond donors (Lipinski definition) is 2. The second-order valence-corrected chi connectivity index (χ2v) is 7.27. The summed E-state index contributed by atoms with van der Waals surface area (Å²) in [7, 11) is 0.351. The number of nitrogens with one attached hydrogen (secondary N) is 1. The van der Waals surface area contributed by atoms with Crippen molar-refractivity contribution in [2.45, 2.75) is 38.1 Å². The van der Waals surface area contributed by atoms with Crippen molar-refractivity contribution in [2.75, 3.05) is 26.4 Å². The van der Waals surface area contributed by atoms with Crippen molar-refractivity contribution < 1.29 is 8.42 Å². The molecule has 0 spiro atoms. The van der Waals surface area contributed by atoms with Crippen LogP contribution in [0.15, 0.2) is 17.0 Å². The van der Waals surface area contributed by atoms with Crippen LogP contribution in [0.25, 0.3) is 0 Å². The van der Waals surface area contributed by atoms with Gasteiger partial charge in [-0.15, -0.1) is 0 Å². The van der Waals surface area contributed by atoms with E-state index in [0.717, 1.165) is 24.1 Å². The molecule has 1 unspecified atom stereocenters. The standard InChI is InChI=1S/C14H25N3O2S/c1-10-8-13(15)14(9-11(10)2)20(18,19)16-12(3)6-7-17(4)5/h8-9,12,16H,6-7,15H2,1-5H3. The molecule has 5 nitrogen and oxygen atoms in total. The van der Waals surface area contributed by atoms with Gasteiger partial charge in [0.15, 0.2) is 0 Å². The molecule has 0 aromatic heterocycles. The fraction of sp³-hybridized carbons (Fsp3) is 0.571. The van der Waals surface area contributed by atoms with Gasteiger partial charge in [-0.1, -0.05) is 0 Å². The summed E-state index contributed by atoms with van der Waals surface area (Å²) in [5.41, 5.74) is 8.04. The Bertz CT molecular complexity index is 568. The number of nitrogens with zero attached hydrogens (tertiary/aromatic N) is 1. The van der Waals surface area contributed by atoms with Gasteiger partial charge in [0, 0.05) is 6.04 Å². The highest BCUT2D eigenvalue weighted by molar-refractivity contribution is 7.89. The summed E-state index contributed by atoms with van der Waals surface area (Å²) < 4.78 is 27.4. The van der Waals surface area contributed by atoms with E-state index >= 15 is 0 Å². The second kappa shape index (κ2) is 6.56. The van der Waals surface area contributed by atoms with E-state index in [0.29, 0.717) is 5.69 Å². The number of nitrogens with two attached hydrogens (primary N) is 1. The third kappa shape index (κ3) is 4.47. The van der Waals surface area contributed by atoms with E-state index in [1.807, 2.05) is 39.8 Å². The molecule has 0 radical (unpaired) electrons. The SMILES string of the molecule is Cc1cc(N)c(S(=O)(=O)NC(C)CCN(C)C)cc1C. The topological polar surface area (TPSA) is 75.4 Å². The zero-order chi connectivity index (χ0) is 15.5. The number of rotatable bonds is 6. The van der Waals surface area contributed by atoms with Gasteiger partial charge in [0.05, 0.1) is 5.69 Å². The normalized spacial score (nSPS) is 13.7. The predicted molar refractivity (Wildman–Crippen MR) is 83.3 cm³/mol. The number of hydrogen-bond acceptors (Lipinski definition) is 4. The zero-order valence-electron chi connectivity index (χ0n) is 12.9. The van der Waals surface area contributed by atoms with Crippen LogP contribution in [-0.4, -0.2) is 40.0 Å². The van der Waals surface area contributed by atoms with Gasteiger partial charge in [0.2, 0.25) is 10.0 Å². The summed E-state index contributed by atoms with van der Waals surface area (Å²) in [6.45, 7) is 6.48. The van der Waals surface area contributed by atoms with E-state index < -0.39 is 10.0 Å². The second-order valence-electron chi connectivity index (χ2n) is 5.59. The van der Waals surface area contributed by atoms with Gasteiger partial charge >= 0.3 is 0 Å². The Kier molecular flexibility index (Phi) is 5.56. The first-order valence-electron chi connectivity index (χ1n) is 6.67. The number of nitrogen functional groups attached to an aromatic ring is 1. The van der Waals surface area contributed by atoms with E-state index in [-0.39, 0.29) is 10.9 Å². The lowest BCUT2D eigenvalue weighted by Crippen LogP contribution is -2.35. The molecule has 0 bridgehead atoms. The Morgan fingerprint density at radius 2 is 1.80 bits per heavy atom. The smallest absolute Gasteiger partial charge is 0.242 e. The summed E-state index contributed by atoms with van der Waals surface area (Å²) in [5, 5.41) is 0. The fourth-order valence-corrected chi connectivity index (χ4v) is 3.36. The van der Waals surface area contributed by atoms with Crippen LogP contribution in [0.2, 0.25) is 0 Å². The van der Waals surface area contributed by atoms with Crippen LogP contribution in [0, 0.1) is 13.8 Å². The van der Waals surface area contributed by atoms with E-state index in [1.54, 1.807) is 12.1 Å². The third-order valence-corrected chi connectivity index (χ3v) is 4.93. The highest BCUT2D eigenvalue weighted by atomic mass is 32.2. The molecular weight excluding hydrogens is 274 g/mol. The van der Waals surface area contributed by atoms with Crippen LogP contribution in [0.5, 0.6) is 0 Å². The van der Waals surface area contributed by atoms with Crippen LogP contribution in [0.3, 0.4) is 0 Å². The Labute approximate surface area is 122 Å². The minimum absolute atomic E-state index is 0.136. The maximum Gasteiger partial charge on any atom is 0.242 e. The number of benzene rings is 1. The van der Waals surface area contributed by atoms with Crippen molar-refractivity contribution in [3.63, 3.8) is 0 Å². The molecule has 3 N–H and O–H groups in total. The van der Waals surface area contributed by atoms with E-state index in [1.165, 1.54) is 0 Å². The van der Waals surface area contributed by atoms with Gasteiger partial charge in [-0.3, -0.25) is 0 Å². The maximum absolute atomic E-state index is 12.4. The molecule has 0 aliphatic heterocycles. The van der Waals surface area contributed by atoms with Crippen molar-refractivity contribution in [3.05, 3.63) is 23.3 Å². The first kappa shape index (κ1) is 16.9. The molecule has 0 amide bonds. The molecule has 0 saturated heterocycles. The highest BCUT2D eigenvalue weighted by Crippen LogP contribution is 2.22.